The number of rotatable bonds is 8. The van der Waals surface area contributed by atoms with Crippen LogP contribution in [0.15, 0.2) is 36.4 Å². The number of benzene rings is 2. The normalized spacial score (nSPS) is 16.3. The molecule has 10 heteroatoms. The second kappa shape index (κ2) is 10.8. The van der Waals surface area contributed by atoms with Crippen LogP contribution in [0.5, 0.6) is 11.5 Å². The maximum atomic E-state index is 13.0. The number of carbonyl (C=O) groups is 1. The second-order valence-corrected chi connectivity index (χ2v) is 9.32. The Labute approximate surface area is 203 Å². The van der Waals surface area contributed by atoms with Crippen molar-refractivity contribution in [2.45, 2.75) is 19.1 Å². The highest BCUT2D eigenvalue weighted by Gasteiger charge is 2.32. The van der Waals surface area contributed by atoms with Crippen LogP contribution in [0.25, 0.3) is 0 Å². The molecule has 0 unspecified atom stereocenters. The molecule has 35 heavy (non-hydrogen) atoms. The number of hydrogen-bond donors (Lipinski definition) is 2. The van der Waals surface area contributed by atoms with E-state index < -0.39 is 11.7 Å². The van der Waals surface area contributed by atoms with Gasteiger partial charge in [-0.3, -0.25) is 9.69 Å². The number of anilines is 2. The molecule has 0 radical (unpaired) electrons. The SMILES string of the molecule is CN(C)CCCN1CCN(CC(=O)NCc2ccc3c(c2)Oc2cc(C(F)(F)F)ccc2N3)CC1. The third-order valence-corrected chi connectivity index (χ3v) is 6.25. The monoisotopic (exact) mass is 491 g/mol. The Morgan fingerprint density at radius 1 is 1.03 bits per heavy atom. The van der Waals surface area contributed by atoms with Gasteiger partial charge in [-0.25, -0.2) is 0 Å². The molecule has 2 aliphatic rings. The van der Waals surface area contributed by atoms with Crippen molar-refractivity contribution >= 4 is 17.3 Å². The Balaban J connectivity index is 1.25. The van der Waals surface area contributed by atoms with E-state index in [1.165, 1.54) is 6.07 Å². The molecule has 7 nitrogen and oxygen atoms in total. The summed E-state index contributed by atoms with van der Waals surface area (Å²) in [6, 6.07) is 8.76. The van der Waals surface area contributed by atoms with Gasteiger partial charge in [-0.1, -0.05) is 6.07 Å². The lowest BCUT2D eigenvalue weighted by Crippen LogP contribution is -2.49. The van der Waals surface area contributed by atoms with E-state index in [9.17, 15) is 18.0 Å². The molecule has 1 saturated heterocycles. The maximum Gasteiger partial charge on any atom is 0.416 e. The molecule has 0 bridgehead atoms. The molecule has 2 aromatic carbocycles. The van der Waals surface area contributed by atoms with E-state index in [4.69, 9.17) is 4.74 Å². The molecule has 0 atom stereocenters. The molecule has 2 heterocycles. The number of ether oxygens (including phenoxy) is 1. The zero-order valence-electron chi connectivity index (χ0n) is 20.1. The third-order valence-electron chi connectivity index (χ3n) is 6.25. The molecule has 0 spiro atoms. The van der Waals surface area contributed by atoms with E-state index in [2.05, 4.69) is 39.4 Å². The molecule has 1 fully saturated rings. The Morgan fingerprint density at radius 2 is 1.69 bits per heavy atom. The van der Waals surface area contributed by atoms with Gasteiger partial charge in [-0.15, -0.1) is 0 Å². The highest BCUT2D eigenvalue weighted by atomic mass is 19.4. The van der Waals surface area contributed by atoms with E-state index in [0.29, 0.717) is 30.2 Å². The van der Waals surface area contributed by atoms with Crippen molar-refractivity contribution in [1.82, 2.24) is 20.0 Å². The van der Waals surface area contributed by atoms with Crippen LogP contribution in [0, 0.1) is 0 Å². The Kier molecular flexibility index (Phi) is 7.83. The fraction of sp³-hybridized carbons (Fsp3) is 0.480. The first kappa shape index (κ1) is 25.3. The van der Waals surface area contributed by atoms with Crippen molar-refractivity contribution in [2.24, 2.45) is 0 Å². The summed E-state index contributed by atoms with van der Waals surface area (Å²) in [4.78, 5) is 19.3. The molecule has 0 aliphatic carbocycles. The van der Waals surface area contributed by atoms with E-state index in [1.807, 2.05) is 6.07 Å². The van der Waals surface area contributed by atoms with Gasteiger partial charge in [0.2, 0.25) is 5.91 Å². The molecule has 0 saturated carbocycles. The minimum absolute atomic E-state index is 0.0528. The van der Waals surface area contributed by atoms with Gasteiger partial charge in [0, 0.05) is 32.7 Å². The minimum atomic E-state index is -4.44. The predicted molar refractivity (Wildman–Crippen MR) is 129 cm³/mol. The van der Waals surface area contributed by atoms with E-state index in [0.717, 1.165) is 63.4 Å². The molecule has 1 amide bonds. The van der Waals surface area contributed by atoms with Crippen molar-refractivity contribution in [3.8, 4) is 11.5 Å². The Morgan fingerprint density at radius 3 is 2.37 bits per heavy atom. The van der Waals surface area contributed by atoms with Crippen molar-refractivity contribution in [1.29, 1.82) is 0 Å². The average molecular weight is 492 g/mol. The molecular formula is C25H32F3N5O2. The minimum Gasteiger partial charge on any atom is -0.453 e. The number of carbonyl (C=O) groups excluding carboxylic acids is 1. The summed E-state index contributed by atoms with van der Waals surface area (Å²) in [5.41, 5.74) is 1.18. The third kappa shape index (κ3) is 6.87. The van der Waals surface area contributed by atoms with Gasteiger partial charge < -0.3 is 25.2 Å². The standard InChI is InChI=1S/C25H32F3N5O2/c1-31(2)8-3-9-32-10-12-33(13-11-32)17-24(34)29-16-18-4-6-20-22(14-18)35-23-15-19(25(26,27)28)5-7-21(23)30-20/h4-7,14-15,30H,3,8-13,16-17H2,1-2H3,(H,29,34). The van der Waals surface area contributed by atoms with Gasteiger partial charge in [0.1, 0.15) is 0 Å². The number of nitrogens with one attached hydrogen (secondary N) is 2. The van der Waals surface area contributed by atoms with Crippen molar-refractivity contribution in [3.05, 3.63) is 47.5 Å². The lowest BCUT2D eigenvalue weighted by Gasteiger charge is -2.34. The van der Waals surface area contributed by atoms with Gasteiger partial charge in [-0.05, 0) is 69.5 Å². The summed E-state index contributed by atoms with van der Waals surface area (Å²) in [6.07, 6.45) is -3.30. The second-order valence-electron chi connectivity index (χ2n) is 9.32. The van der Waals surface area contributed by atoms with Crippen LogP contribution in [0.3, 0.4) is 0 Å². The van der Waals surface area contributed by atoms with Crippen LogP contribution < -0.4 is 15.4 Å². The number of amides is 1. The van der Waals surface area contributed by atoms with Gasteiger partial charge in [0.15, 0.2) is 11.5 Å². The maximum absolute atomic E-state index is 13.0. The number of piperazine rings is 1. The van der Waals surface area contributed by atoms with Crippen LogP contribution in [-0.4, -0.2) is 80.5 Å². The molecule has 2 aromatic rings. The van der Waals surface area contributed by atoms with Crippen LogP contribution >= 0.6 is 0 Å². The number of fused-ring (bicyclic) bond motifs is 2. The molecular weight excluding hydrogens is 459 g/mol. The summed E-state index contributed by atoms with van der Waals surface area (Å²) < 4.78 is 44.8. The highest BCUT2D eigenvalue weighted by molar-refractivity contribution is 5.78. The smallest absolute Gasteiger partial charge is 0.416 e. The van der Waals surface area contributed by atoms with E-state index in [-0.39, 0.29) is 11.7 Å². The van der Waals surface area contributed by atoms with E-state index in [1.54, 1.807) is 12.1 Å². The van der Waals surface area contributed by atoms with Crippen molar-refractivity contribution < 1.29 is 22.7 Å². The fourth-order valence-electron chi connectivity index (χ4n) is 4.26. The molecule has 0 aromatic heterocycles. The lowest BCUT2D eigenvalue weighted by molar-refractivity contribution is -0.137. The Hall–Kier alpha value is -2.82. The van der Waals surface area contributed by atoms with E-state index >= 15 is 0 Å². The van der Waals surface area contributed by atoms with Crippen molar-refractivity contribution in [3.63, 3.8) is 0 Å². The lowest BCUT2D eigenvalue weighted by atomic mass is 10.1. The molecule has 190 valence electrons. The van der Waals surface area contributed by atoms with Crippen LogP contribution in [0.1, 0.15) is 17.5 Å². The average Bonchev–Trinajstić information content (AvgIpc) is 2.81. The topological polar surface area (TPSA) is 60.1 Å². The quantitative estimate of drug-likeness (QED) is 0.501. The van der Waals surface area contributed by atoms with Crippen LogP contribution in [0.4, 0.5) is 24.5 Å². The summed E-state index contributed by atoms with van der Waals surface area (Å²) in [6.45, 7) is 6.49. The summed E-state index contributed by atoms with van der Waals surface area (Å²) in [5, 5.41) is 6.03. The molecule has 2 N–H and O–H groups in total. The Bertz CT molecular complexity index is 1040. The number of nitrogens with zero attached hydrogens (tertiary/aromatic N) is 3. The van der Waals surface area contributed by atoms with Gasteiger partial charge in [0.25, 0.3) is 0 Å². The van der Waals surface area contributed by atoms with Gasteiger partial charge in [-0.2, -0.15) is 13.2 Å². The summed E-state index contributed by atoms with van der Waals surface area (Å²) in [5.74, 6) is 0.492. The molecule has 4 rings (SSSR count). The van der Waals surface area contributed by atoms with Crippen molar-refractivity contribution in [2.75, 3.05) is 65.2 Å². The predicted octanol–water partition coefficient (Wildman–Crippen LogP) is 3.74. The first-order valence-electron chi connectivity index (χ1n) is 11.8. The highest BCUT2D eigenvalue weighted by Crippen LogP contribution is 2.44. The molecule has 2 aliphatic heterocycles. The van der Waals surface area contributed by atoms with Gasteiger partial charge in [0.05, 0.1) is 23.5 Å². The number of halogens is 3. The largest absolute Gasteiger partial charge is 0.453 e. The van der Waals surface area contributed by atoms with Gasteiger partial charge >= 0.3 is 6.18 Å². The first-order valence-corrected chi connectivity index (χ1v) is 11.8. The number of hydrogen-bond acceptors (Lipinski definition) is 6. The van der Waals surface area contributed by atoms with Crippen LogP contribution in [0.2, 0.25) is 0 Å². The first-order chi connectivity index (χ1) is 16.7. The van der Waals surface area contributed by atoms with Crippen LogP contribution in [-0.2, 0) is 17.5 Å². The summed E-state index contributed by atoms with van der Waals surface area (Å²) in [7, 11) is 4.16. The number of alkyl halides is 3. The fourth-order valence-corrected chi connectivity index (χ4v) is 4.26. The zero-order valence-corrected chi connectivity index (χ0v) is 20.1. The zero-order chi connectivity index (χ0) is 25.0. The summed E-state index contributed by atoms with van der Waals surface area (Å²) >= 11 is 0.